The first-order valence-corrected chi connectivity index (χ1v) is 7.42. The van der Waals surface area contributed by atoms with Gasteiger partial charge in [0.25, 0.3) is 0 Å². The minimum atomic E-state index is 0.655. The maximum absolute atomic E-state index is 6.28. The van der Waals surface area contributed by atoms with Crippen LogP contribution in [-0.4, -0.2) is 11.7 Å². The molecule has 0 unspecified atom stereocenters. The van der Waals surface area contributed by atoms with E-state index in [1.807, 2.05) is 24.3 Å². The highest BCUT2D eigenvalue weighted by molar-refractivity contribution is 6.35. The zero-order valence-corrected chi connectivity index (χ0v) is 13.4. The van der Waals surface area contributed by atoms with Crippen molar-refractivity contribution in [2.45, 2.75) is 13.5 Å². The highest BCUT2D eigenvalue weighted by Crippen LogP contribution is 2.27. The third-order valence-electron chi connectivity index (χ3n) is 3.66. The van der Waals surface area contributed by atoms with Gasteiger partial charge in [-0.25, -0.2) is 0 Å². The van der Waals surface area contributed by atoms with Gasteiger partial charge in [-0.15, -0.1) is 0 Å². The van der Waals surface area contributed by atoms with Crippen LogP contribution in [-0.2, 0) is 6.54 Å². The maximum atomic E-state index is 6.28. The summed E-state index contributed by atoms with van der Waals surface area (Å²) in [7, 11) is 1.68. The van der Waals surface area contributed by atoms with E-state index in [2.05, 4.69) is 23.6 Å². The third-order valence-corrected chi connectivity index (χ3v) is 4.25. The molecule has 3 aromatic rings. The van der Waals surface area contributed by atoms with Gasteiger partial charge in [0, 0.05) is 33.2 Å². The van der Waals surface area contributed by atoms with E-state index >= 15 is 0 Å². The molecule has 0 bridgehead atoms. The first-order valence-electron chi connectivity index (χ1n) is 6.66. The number of halogens is 2. The van der Waals surface area contributed by atoms with E-state index in [0.717, 1.165) is 23.2 Å². The van der Waals surface area contributed by atoms with Crippen LogP contribution in [0.1, 0.15) is 11.3 Å². The molecule has 2 aromatic carbocycles. The van der Waals surface area contributed by atoms with Crippen LogP contribution in [0.5, 0.6) is 5.75 Å². The summed E-state index contributed by atoms with van der Waals surface area (Å²) in [6.45, 7) is 2.81. The fourth-order valence-corrected chi connectivity index (χ4v) is 3.01. The molecule has 0 aliphatic rings. The van der Waals surface area contributed by atoms with E-state index in [4.69, 9.17) is 27.9 Å². The summed E-state index contributed by atoms with van der Waals surface area (Å²) in [4.78, 5) is 0. The van der Waals surface area contributed by atoms with Crippen molar-refractivity contribution >= 4 is 34.1 Å². The predicted molar refractivity (Wildman–Crippen MR) is 88.8 cm³/mol. The van der Waals surface area contributed by atoms with Crippen molar-refractivity contribution in [1.29, 1.82) is 0 Å². The zero-order valence-electron chi connectivity index (χ0n) is 11.9. The van der Waals surface area contributed by atoms with Crippen LogP contribution in [0.25, 0.3) is 10.9 Å². The van der Waals surface area contributed by atoms with Crippen molar-refractivity contribution in [1.82, 2.24) is 4.57 Å². The van der Waals surface area contributed by atoms with Crippen LogP contribution >= 0.6 is 23.2 Å². The van der Waals surface area contributed by atoms with Crippen molar-refractivity contribution in [3.63, 3.8) is 0 Å². The van der Waals surface area contributed by atoms with Crippen molar-refractivity contribution in [2.24, 2.45) is 0 Å². The van der Waals surface area contributed by atoms with E-state index in [9.17, 15) is 0 Å². The number of methoxy groups -OCH3 is 1. The third kappa shape index (κ3) is 2.74. The zero-order chi connectivity index (χ0) is 15.0. The summed E-state index contributed by atoms with van der Waals surface area (Å²) >= 11 is 12.2. The van der Waals surface area contributed by atoms with Gasteiger partial charge >= 0.3 is 0 Å². The van der Waals surface area contributed by atoms with Crippen LogP contribution in [0, 0.1) is 6.92 Å². The van der Waals surface area contributed by atoms with Gasteiger partial charge in [0.1, 0.15) is 5.75 Å². The quantitative estimate of drug-likeness (QED) is 0.637. The second-order valence-corrected chi connectivity index (χ2v) is 5.88. The molecule has 4 heteroatoms. The lowest BCUT2D eigenvalue weighted by molar-refractivity contribution is 0.415. The Labute approximate surface area is 133 Å². The Kier molecular flexibility index (Phi) is 3.83. The molecule has 2 nitrogen and oxygen atoms in total. The fourth-order valence-electron chi connectivity index (χ4n) is 2.54. The topological polar surface area (TPSA) is 14.2 Å². The van der Waals surface area contributed by atoms with Crippen molar-refractivity contribution in [2.75, 3.05) is 7.11 Å². The van der Waals surface area contributed by atoms with Crippen molar-refractivity contribution in [3.8, 4) is 5.75 Å². The second kappa shape index (κ2) is 5.63. The van der Waals surface area contributed by atoms with Crippen LogP contribution in [0.4, 0.5) is 0 Å². The summed E-state index contributed by atoms with van der Waals surface area (Å²) in [5.41, 5.74) is 3.40. The number of aromatic nitrogens is 1. The number of ether oxygens (including phenoxy) is 1. The molecule has 0 saturated carbocycles. The Hall–Kier alpha value is -1.64. The second-order valence-electron chi connectivity index (χ2n) is 5.03. The number of nitrogens with zero attached hydrogens (tertiary/aromatic N) is 1. The molecule has 3 rings (SSSR count). The molecule has 21 heavy (non-hydrogen) atoms. The summed E-state index contributed by atoms with van der Waals surface area (Å²) in [6, 6.07) is 13.9. The lowest BCUT2D eigenvalue weighted by atomic mass is 10.2. The number of hydrogen-bond acceptors (Lipinski definition) is 1. The van der Waals surface area contributed by atoms with E-state index in [1.54, 1.807) is 13.2 Å². The lowest BCUT2D eigenvalue weighted by Gasteiger charge is -2.10. The average Bonchev–Trinajstić information content (AvgIpc) is 2.77. The Bertz CT molecular complexity index is 808. The molecule has 0 N–H and O–H groups in total. The van der Waals surface area contributed by atoms with Gasteiger partial charge in [0.2, 0.25) is 0 Å². The van der Waals surface area contributed by atoms with Gasteiger partial charge in [0.15, 0.2) is 0 Å². The van der Waals surface area contributed by atoms with E-state index in [-0.39, 0.29) is 0 Å². The molecule has 1 aromatic heterocycles. The minimum Gasteiger partial charge on any atom is -0.497 e. The monoisotopic (exact) mass is 319 g/mol. The van der Waals surface area contributed by atoms with Gasteiger partial charge < -0.3 is 9.30 Å². The molecule has 1 heterocycles. The highest BCUT2D eigenvalue weighted by atomic mass is 35.5. The first-order chi connectivity index (χ1) is 10.1. The molecule has 0 amide bonds. The van der Waals surface area contributed by atoms with Crippen LogP contribution in [0.2, 0.25) is 10.0 Å². The van der Waals surface area contributed by atoms with Gasteiger partial charge in [-0.3, -0.25) is 0 Å². The number of rotatable bonds is 3. The van der Waals surface area contributed by atoms with E-state index < -0.39 is 0 Å². The molecule has 0 atom stereocenters. The fraction of sp³-hybridized carbons (Fsp3) is 0.176. The van der Waals surface area contributed by atoms with Crippen molar-refractivity contribution < 1.29 is 4.74 Å². The van der Waals surface area contributed by atoms with Crippen LogP contribution < -0.4 is 4.74 Å². The maximum Gasteiger partial charge on any atom is 0.119 e. The summed E-state index contributed by atoms with van der Waals surface area (Å²) < 4.78 is 7.52. The van der Waals surface area contributed by atoms with E-state index in [1.165, 1.54) is 11.2 Å². The predicted octanol–water partition coefficient (Wildman–Crippen LogP) is 5.31. The number of benzene rings is 2. The van der Waals surface area contributed by atoms with Crippen molar-refractivity contribution in [3.05, 3.63) is 63.8 Å². The molecule has 0 fully saturated rings. The molecule has 0 spiro atoms. The van der Waals surface area contributed by atoms with Crippen LogP contribution in [0.3, 0.4) is 0 Å². The van der Waals surface area contributed by atoms with Crippen LogP contribution in [0.15, 0.2) is 42.5 Å². The summed E-state index contributed by atoms with van der Waals surface area (Å²) in [5, 5.41) is 2.51. The molecule has 0 aliphatic heterocycles. The smallest absolute Gasteiger partial charge is 0.119 e. The van der Waals surface area contributed by atoms with Gasteiger partial charge in [-0.1, -0.05) is 29.3 Å². The lowest BCUT2D eigenvalue weighted by Crippen LogP contribution is -2.02. The van der Waals surface area contributed by atoms with Gasteiger partial charge in [-0.2, -0.15) is 0 Å². The first kappa shape index (κ1) is 14.3. The standard InChI is InChI=1S/C17H15Cl2NO/c1-11-7-13-8-15(21-2)5-6-17(13)20(11)10-12-3-4-14(18)9-16(12)19/h3-9H,10H2,1-2H3. The summed E-state index contributed by atoms with van der Waals surface area (Å²) in [5.74, 6) is 0.865. The van der Waals surface area contributed by atoms with Gasteiger partial charge in [0.05, 0.1) is 7.11 Å². The minimum absolute atomic E-state index is 0.655. The molecular formula is C17H15Cl2NO. The van der Waals surface area contributed by atoms with Gasteiger partial charge in [-0.05, 0) is 48.9 Å². The molecule has 0 aliphatic carbocycles. The molecule has 0 radical (unpaired) electrons. The number of aryl methyl sites for hydroxylation is 1. The number of fused-ring (bicyclic) bond motifs is 1. The Morgan fingerprint density at radius 1 is 1.05 bits per heavy atom. The Balaban J connectivity index is 2.06. The largest absolute Gasteiger partial charge is 0.497 e. The normalized spacial score (nSPS) is 11.0. The molecule has 0 saturated heterocycles. The summed E-state index contributed by atoms with van der Waals surface area (Å²) in [6.07, 6.45) is 0. The Morgan fingerprint density at radius 2 is 1.86 bits per heavy atom. The SMILES string of the molecule is COc1ccc2c(c1)cc(C)n2Cc1ccc(Cl)cc1Cl. The highest BCUT2D eigenvalue weighted by Gasteiger charge is 2.09. The van der Waals surface area contributed by atoms with E-state index in [0.29, 0.717) is 10.0 Å². The average molecular weight is 320 g/mol. The Morgan fingerprint density at radius 3 is 2.57 bits per heavy atom. The molecular weight excluding hydrogens is 305 g/mol. The molecule has 108 valence electrons. The number of hydrogen-bond donors (Lipinski definition) is 0.